The summed E-state index contributed by atoms with van der Waals surface area (Å²) >= 11 is 0. The van der Waals surface area contributed by atoms with E-state index >= 15 is 0 Å². The monoisotopic (exact) mass is 527 g/mol. The zero-order valence-corrected chi connectivity index (χ0v) is 23.1. The summed E-state index contributed by atoms with van der Waals surface area (Å²) in [6.07, 6.45) is 0.631. The molecule has 0 radical (unpaired) electrons. The topological polar surface area (TPSA) is 121 Å². The number of aromatic amines is 1. The lowest BCUT2D eigenvalue weighted by molar-refractivity contribution is -0.140. The van der Waals surface area contributed by atoms with Crippen molar-refractivity contribution in [2.75, 3.05) is 47.5 Å². The number of nitrogens with zero attached hydrogens (tertiary/aromatic N) is 2. The highest BCUT2D eigenvalue weighted by Gasteiger charge is 2.47. The molecule has 0 unspecified atom stereocenters. The van der Waals surface area contributed by atoms with E-state index in [-0.39, 0.29) is 22.6 Å². The van der Waals surface area contributed by atoms with Gasteiger partial charge < -0.3 is 34.1 Å². The number of H-pyrrole nitrogens is 1. The molecule has 1 aliphatic rings. The number of esters is 1. The summed E-state index contributed by atoms with van der Waals surface area (Å²) in [5.74, 6) is -1.54. The molecule has 2 N–H and O–H groups in total. The first kappa shape index (κ1) is 28.8. The number of rotatable bonds is 11. The lowest BCUT2D eigenvalue weighted by Crippen LogP contribution is -2.33. The van der Waals surface area contributed by atoms with Crippen LogP contribution in [0.15, 0.2) is 23.8 Å². The number of ether oxygens (including phenoxy) is 3. The highest BCUT2D eigenvalue weighted by Crippen LogP contribution is 2.44. The second kappa shape index (κ2) is 12.2. The number of aromatic nitrogens is 1. The van der Waals surface area contributed by atoms with Crippen molar-refractivity contribution in [3.05, 3.63) is 51.9 Å². The van der Waals surface area contributed by atoms with Gasteiger partial charge in [0.15, 0.2) is 0 Å². The Morgan fingerprint density at radius 1 is 1.11 bits per heavy atom. The van der Waals surface area contributed by atoms with Gasteiger partial charge in [0.1, 0.15) is 23.0 Å². The van der Waals surface area contributed by atoms with Crippen molar-refractivity contribution in [3.63, 3.8) is 0 Å². The normalized spacial score (nSPS) is 16.8. The highest BCUT2D eigenvalue weighted by atomic mass is 16.5. The molecule has 0 bridgehead atoms. The second-order valence-electron chi connectivity index (χ2n) is 9.10. The fraction of sp³-hybridized carbons (Fsp3) is 0.464. The van der Waals surface area contributed by atoms with Gasteiger partial charge in [-0.15, -0.1) is 0 Å². The minimum Gasteiger partial charge on any atom is -0.507 e. The zero-order valence-electron chi connectivity index (χ0n) is 23.1. The van der Waals surface area contributed by atoms with Gasteiger partial charge in [-0.05, 0) is 63.7 Å². The predicted molar refractivity (Wildman–Crippen MR) is 143 cm³/mol. The molecule has 1 fully saturated rings. The molecule has 1 aromatic heterocycles. The van der Waals surface area contributed by atoms with Gasteiger partial charge in [-0.3, -0.25) is 9.59 Å². The first-order valence-electron chi connectivity index (χ1n) is 12.6. The summed E-state index contributed by atoms with van der Waals surface area (Å²) in [5, 5.41) is 11.6. The third-order valence-electron chi connectivity index (χ3n) is 7.10. The number of carbonyl (C=O) groups excluding carboxylic acids is 3. The number of hydrogen-bond donors (Lipinski definition) is 2. The number of nitrogens with one attached hydrogen (secondary N) is 1. The van der Waals surface area contributed by atoms with E-state index in [2.05, 4.69) is 23.7 Å². The van der Waals surface area contributed by atoms with E-state index < -0.39 is 23.7 Å². The smallest absolute Gasteiger partial charge is 0.354 e. The van der Waals surface area contributed by atoms with Gasteiger partial charge in [0.05, 0.1) is 32.9 Å². The standard InChI is InChI=1S/C28H37N3O7/c1-8-30(9-2)13-10-14-31-24(19-15-18(36-5)11-12-20(19)37-6)22(26(33)27(31)34)25(32)21-16(3)23(28(35)38-7)29-17(21)4/h11-12,15,24,29,32H,8-10,13-14H2,1-7H3/t24-/m1/s1. The van der Waals surface area contributed by atoms with Crippen LogP contribution in [0.2, 0.25) is 0 Å². The maximum atomic E-state index is 13.5. The summed E-state index contributed by atoms with van der Waals surface area (Å²) in [4.78, 5) is 45.8. The van der Waals surface area contributed by atoms with E-state index in [1.165, 1.54) is 26.2 Å². The van der Waals surface area contributed by atoms with Gasteiger partial charge in [0.25, 0.3) is 11.7 Å². The van der Waals surface area contributed by atoms with Crippen LogP contribution in [0.4, 0.5) is 0 Å². The number of aryl methyl sites for hydroxylation is 1. The number of methoxy groups -OCH3 is 3. The molecule has 2 aromatic rings. The number of carbonyl (C=O) groups is 3. The van der Waals surface area contributed by atoms with Crippen LogP contribution in [0.5, 0.6) is 11.5 Å². The second-order valence-corrected chi connectivity index (χ2v) is 9.10. The van der Waals surface area contributed by atoms with E-state index in [9.17, 15) is 19.5 Å². The van der Waals surface area contributed by atoms with Crippen LogP contribution < -0.4 is 9.47 Å². The van der Waals surface area contributed by atoms with Crippen LogP contribution in [0, 0.1) is 13.8 Å². The molecule has 0 saturated carbocycles. The van der Waals surface area contributed by atoms with Crippen molar-refractivity contribution in [3.8, 4) is 11.5 Å². The van der Waals surface area contributed by atoms with Gasteiger partial charge in [-0.2, -0.15) is 0 Å². The molecular formula is C28H37N3O7. The summed E-state index contributed by atoms with van der Waals surface area (Å²) in [6.45, 7) is 10.2. The Morgan fingerprint density at radius 3 is 2.37 bits per heavy atom. The number of benzene rings is 1. The lowest BCUT2D eigenvalue weighted by atomic mass is 9.93. The van der Waals surface area contributed by atoms with Crippen molar-refractivity contribution in [2.24, 2.45) is 0 Å². The van der Waals surface area contributed by atoms with Crippen molar-refractivity contribution in [1.82, 2.24) is 14.8 Å². The molecule has 1 amide bonds. The molecule has 1 atom stereocenters. The molecule has 10 nitrogen and oxygen atoms in total. The Bertz CT molecular complexity index is 1240. The van der Waals surface area contributed by atoms with Crippen LogP contribution in [0.25, 0.3) is 5.76 Å². The minimum absolute atomic E-state index is 0.0778. The van der Waals surface area contributed by atoms with Crippen molar-refractivity contribution < 1.29 is 33.7 Å². The molecule has 0 spiro atoms. The zero-order chi connectivity index (χ0) is 28.1. The Balaban J connectivity index is 2.22. The third-order valence-corrected chi connectivity index (χ3v) is 7.10. The number of likely N-dealkylation sites (tertiary alicyclic amines) is 1. The van der Waals surface area contributed by atoms with Crippen LogP contribution in [-0.2, 0) is 14.3 Å². The van der Waals surface area contributed by atoms with Crippen LogP contribution in [0.3, 0.4) is 0 Å². The summed E-state index contributed by atoms with van der Waals surface area (Å²) in [5.41, 5.74) is 1.75. The van der Waals surface area contributed by atoms with E-state index in [4.69, 9.17) is 14.2 Å². The maximum Gasteiger partial charge on any atom is 0.354 e. The molecule has 10 heteroatoms. The fourth-order valence-electron chi connectivity index (χ4n) is 5.04. The Hall–Kier alpha value is -3.79. The average molecular weight is 528 g/mol. The molecule has 38 heavy (non-hydrogen) atoms. The molecule has 3 rings (SSSR count). The molecular weight excluding hydrogens is 490 g/mol. The van der Waals surface area contributed by atoms with Crippen molar-refractivity contribution >= 4 is 23.4 Å². The molecule has 2 heterocycles. The first-order chi connectivity index (χ1) is 18.1. The van der Waals surface area contributed by atoms with E-state index in [0.29, 0.717) is 41.3 Å². The summed E-state index contributed by atoms with van der Waals surface area (Å²) < 4.78 is 15.9. The molecule has 1 saturated heterocycles. The van der Waals surface area contributed by atoms with Gasteiger partial charge in [-0.1, -0.05) is 13.8 Å². The SMILES string of the molecule is CCN(CC)CCCN1C(=O)C(=O)C(=C(O)c2c(C)[nH]c(C(=O)OC)c2C)[C@H]1c1cc(OC)ccc1OC. The predicted octanol–water partition coefficient (Wildman–Crippen LogP) is 3.59. The number of amides is 1. The number of aliphatic hydroxyl groups excluding tert-OH is 1. The Labute approximate surface area is 223 Å². The number of Topliss-reactive ketones (excluding diaryl/α,β-unsaturated/α-hetero) is 1. The highest BCUT2D eigenvalue weighted by molar-refractivity contribution is 6.46. The molecule has 1 aliphatic heterocycles. The van der Waals surface area contributed by atoms with Crippen molar-refractivity contribution in [1.29, 1.82) is 0 Å². The maximum absolute atomic E-state index is 13.5. The van der Waals surface area contributed by atoms with Gasteiger partial charge in [-0.25, -0.2) is 4.79 Å². The number of aliphatic hydroxyl groups is 1. The largest absolute Gasteiger partial charge is 0.507 e. The first-order valence-corrected chi connectivity index (χ1v) is 12.6. The van der Waals surface area contributed by atoms with Crippen molar-refractivity contribution in [2.45, 2.75) is 40.2 Å². The number of ketones is 1. The fourth-order valence-corrected chi connectivity index (χ4v) is 5.04. The van der Waals surface area contributed by atoms with Gasteiger partial charge in [0.2, 0.25) is 0 Å². The van der Waals surface area contributed by atoms with Crippen LogP contribution in [0.1, 0.15) is 59.2 Å². The summed E-state index contributed by atoms with van der Waals surface area (Å²) in [7, 11) is 4.28. The quantitative estimate of drug-likeness (QED) is 0.197. The van der Waals surface area contributed by atoms with E-state index in [1.54, 1.807) is 32.0 Å². The van der Waals surface area contributed by atoms with Crippen LogP contribution >= 0.6 is 0 Å². The van der Waals surface area contributed by atoms with Gasteiger partial charge in [0, 0.05) is 23.4 Å². The van der Waals surface area contributed by atoms with Gasteiger partial charge >= 0.3 is 5.97 Å². The molecule has 206 valence electrons. The Morgan fingerprint density at radius 2 is 1.79 bits per heavy atom. The minimum atomic E-state index is -0.924. The van der Waals surface area contributed by atoms with Crippen LogP contribution in [-0.4, -0.2) is 85.1 Å². The van der Waals surface area contributed by atoms with E-state index in [0.717, 1.165) is 19.6 Å². The Kier molecular flexibility index (Phi) is 9.22. The number of hydrogen-bond acceptors (Lipinski definition) is 8. The van der Waals surface area contributed by atoms with E-state index in [1.807, 2.05) is 0 Å². The third kappa shape index (κ3) is 5.26. The molecule has 1 aromatic carbocycles. The molecule has 0 aliphatic carbocycles. The average Bonchev–Trinajstić information content (AvgIpc) is 3.36. The summed E-state index contributed by atoms with van der Waals surface area (Å²) in [6, 6.07) is 4.20. The lowest BCUT2D eigenvalue weighted by Gasteiger charge is -2.28.